The normalized spacial score (nSPS) is 11.6. The number of thiazole rings is 1. The summed E-state index contributed by atoms with van der Waals surface area (Å²) in [5.41, 5.74) is 9.17. The topological polar surface area (TPSA) is 63.3 Å². The van der Waals surface area contributed by atoms with Crippen molar-refractivity contribution < 1.29 is 0 Å². The third-order valence-corrected chi connectivity index (χ3v) is 4.06. The van der Waals surface area contributed by atoms with Gasteiger partial charge in [-0.15, -0.1) is 11.3 Å². The van der Waals surface area contributed by atoms with Crippen LogP contribution in [0.2, 0.25) is 0 Å². The number of anilines is 1. The minimum atomic E-state index is 0.477. The molecule has 0 amide bonds. The van der Waals surface area contributed by atoms with Crippen LogP contribution in [-0.2, 0) is 6.42 Å². The van der Waals surface area contributed by atoms with E-state index in [4.69, 9.17) is 5.73 Å². The van der Waals surface area contributed by atoms with E-state index in [1.165, 1.54) is 10.6 Å². The molecule has 0 saturated carbocycles. The van der Waals surface area contributed by atoms with Crippen molar-refractivity contribution in [3.8, 4) is 0 Å². The molecule has 1 aromatic heterocycles. The summed E-state index contributed by atoms with van der Waals surface area (Å²) < 4.78 is 0. The first kappa shape index (κ1) is 15.5. The summed E-state index contributed by atoms with van der Waals surface area (Å²) in [4.78, 5) is 8.80. The number of nitrogens with two attached hydrogens (primary N) is 1. The highest BCUT2D eigenvalue weighted by Crippen LogP contribution is 2.12. The van der Waals surface area contributed by atoms with Gasteiger partial charge < -0.3 is 11.1 Å². The second-order valence-electron chi connectivity index (χ2n) is 5.10. The van der Waals surface area contributed by atoms with Crippen LogP contribution >= 0.6 is 11.3 Å². The maximum atomic E-state index is 5.88. The van der Waals surface area contributed by atoms with E-state index in [2.05, 4.69) is 33.7 Å². The molecule has 0 fully saturated rings. The number of aliphatic imine (C=N–C) groups is 1. The number of aromatic nitrogens is 1. The van der Waals surface area contributed by atoms with Crippen LogP contribution in [0, 0.1) is 13.8 Å². The van der Waals surface area contributed by atoms with Gasteiger partial charge in [-0.05, 0) is 50.8 Å². The molecule has 112 valence electrons. The summed E-state index contributed by atoms with van der Waals surface area (Å²) in [7, 11) is 0. The van der Waals surface area contributed by atoms with Crippen molar-refractivity contribution in [3.63, 3.8) is 0 Å². The van der Waals surface area contributed by atoms with Gasteiger partial charge >= 0.3 is 0 Å². The van der Waals surface area contributed by atoms with Gasteiger partial charge in [-0.1, -0.05) is 12.1 Å². The second kappa shape index (κ2) is 7.78. The molecule has 0 bridgehead atoms. The van der Waals surface area contributed by atoms with Crippen LogP contribution in [0.5, 0.6) is 0 Å². The first-order valence-corrected chi connectivity index (χ1v) is 8.06. The number of aryl methyl sites for hydroxylation is 3. The minimum absolute atomic E-state index is 0.477. The Morgan fingerprint density at radius 1 is 1.33 bits per heavy atom. The number of hydrogen-bond acceptors (Lipinski definition) is 3. The van der Waals surface area contributed by atoms with Gasteiger partial charge in [0.25, 0.3) is 0 Å². The molecule has 0 aliphatic rings. The van der Waals surface area contributed by atoms with Crippen LogP contribution in [0.1, 0.15) is 29.1 Å². The lowest BCUT2D eigenvalue weighted by Gasteiger charge is -2.06. The van der Waals surface area contributed by atoms with E-state index in [0.717, 1.165) is 37.2 Å². The quantitative estimate of drug-likeness (QED) is 0.487. The number of unbranched alkanes of at least 4 members (excludes halogenated alkanes) is 1. The van der Waals surface area contributed by atoms with Crippen LogP contribution in [0.3, 0.4) is 0 Å². The van der Waals surface area contributed by atoms with E-state index in [1.807, 2.05) is 25.1 Å². The fourth-order valence-electron chi connectivity index (χ4n) is 2.02. The molecule has 0 saturated heterocycles. The minimum Gasteiger partial charge on any atom is -0.370 e. The zero-order chi connectivity index (χ0) is 15.1. The summed E-state index contributed by atoms with van der Waals surface area (Å²) in [5, 5.41) is 6.42. The molecule has 2 aromatic rings. The van der Waals surface area contributed by atoms with Gasteiger partial charge in [0.2, 0.25) is 0 Å². The van der Waals surface area contributed by atoms with Gasteiger partial charge in [0, 0.05) is 23.3 Å². The van der Waals surface area contributed by atoms with E-state index in [0.29, 0.717) is 5.96 Å². The maximum absolute atomic E-state index is 5.88. The predicted molar refractivity (Wildman–Crippen MR) is 91.1 cm³/mol. The molecule has 0 radical (unpaired) electrons. The molecule has 0 atom stereocenters. The summed E-state index contributed by atoms with van der Waals surface area (Å²) in [6, 6.07) is 8.09. The molecule has 0 spiro atoms. The van der Waals surface area contributed by atoms with E-state index in [1.54, 1.807) is 11.3 Å². The van der Waals surface area contributed by atoms with Crippen molar-refractivity contribution >= 4 is 23.0 Å². The summed E-state index contributed by atoms with van der Waals surface area (Å²) in [5.74, 6) is 0.477. The molecule has 0 unspecified atom stereocenters. The van der Waals surface area contributed by atoms with Crippen molar-refractivity contribution in [1.29, 1.82) is 0 Å². The fourth-order valence-corrected chi connectivity index (χ4v) is 2.83. The smallest absolute Gasteiger partial charge is 0.193 e. The highest BCUT2D eigenvalue weighted by molar-refractivity contribution is 7.09. The van der Waals surface area contributed by atoms with Gasteiger partial charge in [-0.25, -0.2) is 4.98 Å². The fraction of sp³-hybridized carbons (Fsp3) is 0.375. The predicted octanol–water partition coefficient (Wildman–Crippen LogP) is 3.51. The Morgan fingerprint density at radius 2 is 2.19 bits per heavy atom. The zero-order valence-electron chi connectivity index (χ0n) is 12.6. The third kappa shape index (κ3) is 5.55. The Balaban J connectivity index is 1.69. The molecule has 3 N–H and O–H groups in total. The Morgan fingerprint density at radius 3 is 2.90 bits per heavy atom. The van der Waals surface area contributed by atoms with E-state index in [-0.39, 0.29) is 0 Å². The standard InChI is InChI=1S/C16H22N4S/c1-12-6-5-7-14(10-12)20-16(17)18-9-4-3-8-15-19-13(2)11-21-15/h5-7,10-11H,3-4,8-9H2,1-2H3,(H3,17,18,20). The number of hydrogen-bond donors (Lipinski definition) is 2. The van der Waals surface area contributed by atoms with E-state index >= 15 is 0 Å². The number of nitrogens with zero attached hydrogens (tertiary/aromatic N) is 2. The molecule has 4 nitrogen and oxygen atoms in total. The molecule has 1 heterocycles. The monoisotopic (exact) mass is 302 g/mol. The lowest BCUT2D eigenvalue weighted by atomic mass is 10.2. The molecule has 21 heavy (non-hydrogen) atoms. The number of nitrogens with one attached hydrogen (secondary N) is 1. The third-order valence-electron chi connectivity index (χ3n) is 3.04. The van der Waals surface area contributed by atoms with Crippen molar-refractivity contribution in [2.24, 2.45) is 10.7 Å². The van der Waals surface area contributed by atoms with Gasteiger partial charge in [0.1, 0.15) is 0 Å². The van der Waals surface area contributed by atoms with Gasteiger partial charge in [-0.3, -0.25) is 4.99 Å². The first-order valence-electron chi connectivity index (χ1n) is 7.18. The van der Waals surface area contributed by atoms with Crippen LogP contribution in [0.25, 0.3) is 0 Å². The SMILES string of the molecule is Cc1cccc(NC(N)=NCCCCc2nc(C)cs2)c1. The zero-order valence-corrected chi connectivity index (χ0v) is 13.4. The molecule has 5 heteroatoms. The molecular weight excluding hydrogens is 280 g/mol. The second-order valence-corrected chi connectivity index (χ2v) is 6.04. The van der Waals surface area contributed by atoms with Gasteiger partial charge in [0.05, 0.1) is 5.01 Å². The van der Waals surface area contributed by atoms with Crippen LogP contribution in [-0.4, -0.2) is 17.5 Å². The lowest BCUT2D eigenvalue weighted by molar-refractivity contribution is 0.741. The average molecular weight is 302 g/mol. The van der Waals surface area contributed by atoms with Crippen molar-refractivity contribution in [1.82, 2.24) is 4.98 Å². The largest absolute Gasteiger partial charge is 0.370 e. The lowest BCUT2D eigenvalue weighted by Crippen LogP contribution is -2.22. The highest BCUT2D eigenvalue weighted by atomic mass is 32.1. The van der Waals surface area contributed by atoms with Crippen LogP contribution in [0.15, 0.2) is 34.6 Å². The van der Waals surface area contributed by atoms with Gasteiger partial charge in [-0.2, -0.15) is 0 Å². The highest BCUT2D eigenvalue weighted by Gasteiger charge is 1.99. The summed E-state index contributed by atoms with van der Waals surface area (Å²) >= 11 is 1.73. The molecule has 2 rings (SSSR count). The summed E-state index contributed by atoms with van der Waals surface area (Å²) in [6.45, 7) is 4.83. The van der Waals surface area contributed by atoms with Crippen molar-refractivity contribution in [2.45, 2.75) is 33.1 Å². The molecule has 0 aliphatic carbocycles. The van der Waals surface area contributed by atoms with Gasteiger partial charge in [0.15, 0.2) is 5.96 Å². The Hall–Kier alpha value is -1.88. The molecule has 1 aromatic carbocycles. The Kier molecular flexibility index (Phi) is 5.75. The maximum Gasteiger partial charge on any atom is 0.193 e. The molecular formula is C16H22N4S. The van der Waals surface area contributed by atoms with Crippen molar-refractivity contribution in [2.75, 3.05) is 11.9 Å². The van der Waals surface area contributed by atoms with E-state index < -0.39 is 0 Å². The molecule has 0 aliphatic heterocycles. The van der Waals surface area contributed by atoms with Crippen molar-refractivity contribution in [3.05, 3.63) is 45.9 Å². The number of guanidine groups is 1. The Labute approximate surface area is 130 Å². The van der Waals surface area contributed by atoms with Crippen LogP contribution < -0.4 is 11.1 Å². The first-order chi connectivity index (χ1) is 10.1. The Bertz CT molecular complexity index is 604. The van der Waals surface area contributed by atoms with Crippen LogP contribution in [0.4, 0.5) is 5.69 Å². The van der Waals surface area contributed by atoms with E-state index in [9.17, 15) is 0 Å². The number of benzene rings is 1. The number of rotatable bonds is 6. The summed E-state index contributed by atoms with van der Waals surface area (Å²) in [6.07, 6.45) is 3.14. The average Bonchev–Trinajstić information content (AvgIpc) is 2.84.